The number of anilines is 1. The van der Waals surface area contributed by atoms with Gasteiger partial charge in [-0.05, 0) is 37.8 Å². The van der Waals surface area contributed by atoms with Crippen molar-refractivity contribution >= 4 is 11.7 Å². The van der Waals surface area contributed by atoms with Gasteiger partial charge < -0.3 is 16.0 Å². The molecule has 0 aromatic carbocycles. The van der Waals surface area contributed by atoms with Crippen molar-refractivity contribution in [3.8, 4) is 0 Å². The fourth-order valence-corrected chi connectivity index (χ4v) is 2.41. The second kappa shape index (κ2) is 6.85. The topological polar surface area (TPSA) is 84.1 Å². The molecule has 1 saturated heterocycles. The predicted molar refractivity (Wildman–Crippen MR) is 83.3 cm³/mol. The Kier molecular flexibility index (Phi) is 5.12. The van der Waals surface area contributed by atoms with Crippen LogP contribution < -0.4 is 16.0 Å². The minimum Gasteiger partial charge on any atom is -0.355 e. The van der Waals surface area contributed by atoms with Crippen LogP contribution in [0.1, 0.15) is 50.0 Å². The summed E-state index contributed by atoms with van der Waals surface area (Å²) in [6, 6.07) is 3.59. The van der Waals surface area contributed by atoms with Crippen LogP contribution >= 0.6 is 0 Å². The molecule has 1 fully saturated rings. The van der Waals surface area contributed by atoms with Crippen molar-refractivity contribution in [1.29, 1.82) is 0 Å². The molecule has 2 rings (SSSR count). The van der Waals surface area contributed by atoms with Crippen LogP contribution in [0.4, 0.5) is 5.82 Å². The van der Waals surface area contributed by atoms with E-state index >= 15 is 0 Å². The fraction of sp³-hybridized carbons (Fsp3) is 0.667. The minimum atomic E-state index is -0.349. The summed E-state index contributed by atoms with van der Waals surface area (Å²) in [5.74, 6) is 0.631. The Morgan fingerprint density at radius 3 is 2.48 bits per heavy atom. The molecule has 1 aliphatic rings. The SMILES string of the molecule is CCC(N)(CC)CNC(=O)c1ccc(N2CCCC2)nn1. The molecule has 21 heavy (non-hydrogen) atoms. The largest absolute Gasteiger partial charge is 0.355 e. The quantitative estimate of drug-likeness (QED) is 0.826. The Labute approximate surface area is 126 Å². The first kappa shape index (κ1) is 15.7. The van der Waals surface area contributed by atoms with Gasteiger partial charge in [0.1, 0.15) is 0 Å². The van der Waals surface area contributed by atoms with E-state index < -0.39 is 0 Å². The van der Waals surface area contributed by atoms with Crippen LogP contribution in [0.15, 0.2) is 12.1 Å². The van der Waals surface area contributed by atoms with Crippen LogP contribution in [0, 0.1) is 0 Å². The van der Waals surface area contributed by atoms with E-state index in [1.165, 1.54) is 12.8 Å². The highest BCUT2D eigenvalue weighted by molar-refractivity contribution is 5.92. The molecule has 1 aromatic rings. The van der Waals surface area contributed by atoms with Crippen molar-refractivity contribution < 1.29 is 4.79 Å². The molecule has 0 spiro atoms. The Morgan fingerprint density at radius 1 is 1.29 bits per heavy atom. The maximum atomic E-state index is 12.1. The third-order valence-corrected chi connectivity index (χ3v) is 4.32. The zero-order valence-electron chi connectivity index (χ0n) is 12.9. The van der Waals surface area contributed by atoms with Gasteiger partial charge in [0.05, 0.1) is 0 Å². The van der Waals surface area contributed by atoms with E-state index in [9.17, 15) is 4.79 Å². The molecule has 6 heteroatoms. The number of nitrogens with one attached hydrogen (secondary N) is 1. The number of hydrogen-bond donors (Lipinski definition) is 2. The summed E-state index contributed by atoms with van der Waals surface area (Å²) < 4.78 is 0. The maximum Gasteiger partial charge on any atom is 0.271 e. The molecule has 0 aliphatic carbocycles. The highest BCUT2D eigenvalue weighted by Gasteiger charge is 2.22. The van der Waals surface area contributed by atoms with Gasteiger partial charge in [-0.1, -0.05) is 13.8 Å². The molecule has 1 amide bonds. The van der Waals surface area contributed by atoms with Crippen molar-refractivity contribution in [2.45, 2.75) is 45.1 Å². The van der Waals surface area contributed by atoms with Gasteiger partial charge in [-0.2, -0.15) is 0 Å². The lowest BCUT2D eigenvalue weighted by atomic mass is 9.94. The smallest absolute Gasteiger partial charge is 0.271 e. The van der Waals surface area contributed by atoms with Crippen LogP contribution in [0.3, 0.4) is 0 Å². The number of aromatic nitrogens is 2. The van der Waals surface area contributed by atoms with Gasteiger partial charge in [-0.25, -0.2) is 0 Å². The summed E-state index contributed by atoms with van der Waals surface area (Å²) in [5.41, 5.74) is 6.16. The van der Waals surface area contributed by atoms with E-state index in [0.717, 1.165) is 31.7 Å². The van der Waals surface area contributed by atoms with Crippen LogP contribution in [-0.2, 0) is 0 Å². The minimum absolute atomic E-state index is 0.216. The van der Waals surface area contributed by atoms with Crippen LogP contribution in [0.25, 0.3) is 0 Å². The monoisotopic (exact) mass is 291 g/mol. The highest BCUT2D eigenvalue weighted by Crippen LogP contribution is 2.16. The second-order valence-corrected chi connectivity index (χ2v) is 5.72. The molecule has 0 atom stereocenters. The van der Waals surface area contributed by atoms with E-state index in [1.54, 1.807) is 6.07 Å². The number of carbonyl (C=O) groups excluding carboxylic acids is 1. The second-order valence-electron chi connectivity index (χ2n) is 5.72. The molecule has 1 aromatic heterocycles. The summed E-state index contributed by atoms with van der Waals surface area (Å²) in [5, 5.41) is 11.0. The van der Waals surface area contributed by atoms with E-state index in [4.69, 9.17) is 5.73 Å². The van der Waals surface area contributed by atoms with E-state index in [0.29, 0.717) is 12.2 Å². The Hall–Kier alpha value is -1.69. The van der Waals surface area contributed by atoms with Crippen molar-refractivity contribution in [2.75, 3.05) is 24.5 Å². The van der Waals surface area contributed by atoms with Gasteiger partial charge in [0.2, 0.25) is 0 Å². The number of rotatable bonds is 6. The van der Waals surface area contributed by atoms with Crippen LogP contribution in [0.2, 0.25) is 0 Å². The van der Waals surface area contributed by atoms with Gasteiger partial charge in [-0.3, -0.25) is 4.79 Å². The maximum absolute atomic E-state index is 12.1. The lowest BCUT2D eigenvalue weighted by Gasteiger charge is -2.26. The van der Waals surface area contributed by atoms with Gasteiger partial charge >= 0.3 is 0 Å². The number of carbonyl (C=O) groups is 1. The van der Waals surface area contributed by atoms with E-state index in [-0.39, 0.29) is 11.4 Å². The Bertz CT molecular complexity index is 463. The first-order valence-corrected chi connectivity index (χ1v) is 7.74. The van der Waals surface area contributed by atoms with Crippen molar-refractivity contribution in [1.82, 2.24) is 15.5 Å². The molecule has 0 bridgehead atoms. The standard InChI is InChI=1S/C15H25N5O/c1-3-15(16,4-2)11-17-14(21)12-7-8-13(19-18-12)20-9-5-6-10-20/h7-8H,3-6,9-11,16H2,1-2H3,(H,17,21). The highest BCUT2D eigenvalue weighted by atomic mass is 16.1. The molecule has 0 saturated carbocycles. The van der Waals surface area contributed by atoms with Crippen molar-refractivity contribution in [2.24, 2.45) is 5.73 Å². The van der Waals surface area contributed by atoms with Crippen LogP contribution in [0.5, 0.6) is 0 Å². The molecule has 1 aliphatic heterocycles. The first-order valence-electron chi connectivity index (χ1n) is 7.74. The molecule has 0 unspecified atom stereocenters. The molecule has 0 radical (unpaired) electrons. The Balaban J connectivity index is 1.93. The Morgan fingerprint density at radius 2 is 1.95 bits per heavy atom. The van der Waals surface area contributed by atoms with Crippen molar-refractivity contribution in [3.63, 3.8) is 0 Å². The summed E-state index contributed by atoms with van der Waals surface area (Å²) >= 11 is 0. The first-order chi connectivity index (χ1) is 10.1. The summed E-state index contributed by atoms with van der Waals surface area (Å²) in [7, 11) is 0. The van der Waals surface area contributed by atoms with Gasteiger partial charge in [-0.15, -0.1) is 10.2 Å². The third-order valence-electron chi connectivity index (χ3n) is 4.32. The zero-order valence-corrected chi connectivity index (χ0v) is 12.9. The molecule has 6 nitrogen and oxygen atoms in total. The summed E-state index contributed by atoms with van der Waals surface area (Å²) in [6.45, 7) is 6.54. The summed E-state index contributed by atoms with van der Waals surface area (Å²) in [4.78, 5) is 14.3. The molecule has 116 valence electrons. The fourth-order valence-electron chi connectivity index (χ4n) is 2.41. The van der Waals surface area contributed by atoms with Crippen molar-refractivity contribution in [3.05, 3.63) is 17.8 Å². The lowest BCUT2D eigenvalue weighted by Crippen LogP contribution is -2.49. The van der Waals surface area contributed by atoms with E-state index in [2.05, 4.69) is 20.4 Å². The average molecular weight is 291 g/mol. The van der Waals surface area contributed by atoms with Gasteiger partial charge in [0.15, 0.2) is 11.5 Å². The normalized spacial score (nSPS) is 15.3. The predicted octanol–water partition coefficient (Wildman–Crippen LogP) is 1.32. The number of nitrogens with zero attached hydrogens (tertiary/aromatic N) is 3. The third kappa shape index (κ3) is 3.91. The number of amides is 1. The van der Waals surface area contributed by atoms with Gasteiger partial charge in [0.25, 0.3) is 5.91 Å². The molecule has 2 heterocycles. The number of nitrogens with two attached hydrogens (primary N) is 1. The van der Waals surface area contributed by atoms with Crippen LogP contribution in [-0.4, -0.2) is 41.3 Å². The summed E-state index contributed by atoms with van der Waals surface area (Å²) in [6.07, 6.45) is 4.03. The molecular weight excluding hydrogens is 266 g/mol. The lowest BCUT2D eigenvalue weighted by molar-refractivity contribution is 0.0936. The van der Waals surface area contributed by atoms with Gasteiger partial charge in [0, 0.05) is 25.2 Å². The molecular formula is C15H25N5O. The van der Waals surface area contributed by atoms with E-state index in [1.807, 2.05) is 19.9 Å². The molecule has 3 N–H and O–H groups in total. The zero-order chi connectivity index (χ0) is 15.3. The average Bonchev–Trinajstić information content (AvgIpc) is 3.07. The number of hydrogen-bond acceptors (Lipinski definition) is 5.